The van der Waals surface area contributed by atoms with Gasteiger partial charge in [-0.15, -0.1) is 0 Å². The maximum Gasteiger partial charge on any atom is 0.219 e. The van der Waals surface area contributed by atoms with Crippen molar-refractivity contribution < 1.29 is 4.79 Å². The lowest BCUT2D eigenvalue weighted by atomic mass is 9.96. The molecular weight excluding hydrogens is 360 g/mol. The fraction of sp³-hybridized carbons (Fsp3) is 0.476. The number of halogens is 1. The van der Waals surface area contributed by atoms with Crippen LogP contribution in [0.1, 0.15) is 48.3 Å². The van der Waals surface area contributed by atoms with Crippen LogP contribution in [0.15, 0.2) is 30.5 Å². The molecule has 0 saturated carbocycles. The van der Waals surface area contributed by atoms with Gasteiger partial charge in [-0.3, -0.25) is 9.69 Å². The van der Waals surface area contributed by atoms with Gasteiger partial charge in [-0.05, 0) is 37.1 Å². The third-order valence-electron chi connectivity index (χ3n) is 5.56. The number of carbonyl (C=O) groups is 1. The maximum absolute atomic E-state index is 11.6. The third kappa shape index (κ3) is 4.30. The molecule has 0 aliphatic carbocycles. The number of piperidine rings is 1. The lowest BCUT2D eigenvalue weighted by Crippen LogP contribution is -2.36. The number of carbonyl (C=O) groups excluding carboxylic acids is 1. The molecule has 1 fully saturated rings. The molecule has 1 unspecified atom stereocenters. The summed E-state index contributed by atoms with van der Waals surface area (Å²) in [5.74, 6) is 1.45. The molecule has 6 heteroatoms. The van der Waals surface area contributed by atoms with Gasteiger partial charge in [-0.25, -0.2) is 9.97 Å². The predicted octanol–water partition coefficient (Wildman–Crippen LogP) is 3.41. The average Bonchev–Trinajstić information content (AvgIpc) is 2.67. The van der Waals surface area contributed by atoms with Gasteiger partial charge in [0.05, 0.1) is 5.69 Å². The van der Waals surface area contributed by atoms with E-state index in [1.165, 1.54) is 5.56 Å². The highest BCUT2D eigenvalue weighted by Crippen LogP contribution is 2.27. The van der Waals surface area contributed by atoms with Crippen LogP contribution in [-0.2, 0) is 24.3 Å². The minimum Gasteiger partial charge on any atom is -0.338 e. The molecule has 142 valence electrons. The van der Waals surface area contributed by atoms with Crippen molar-refractivity contribution in [2.45, 2.75) is 45.2 Å². The lowest BCUT2D eigenvalue weighted by molar-refractivity contribution is -0.129. The summed E-state index contributed by atoms with van der Waals surface area (Å²) in [5.41, 5.74) is 3.45. The van der Waals surface area contributed by atoms with E-state index in [4.69, 9.17) is 16.6 Å². The average molecular weight is 385 g/mol. The first-order valence-electron chi connectivity index (χ1n) is 9.65. The Hall–Kier alpha value is -1.98. The van der Waals surface area contributed by atoms with E-state index in [0.717, 1.165) is 67.5 Å². The van der Waals surface area contributed by atoms with Gasteiger partial charge in [0.2, 0.25) is 5.91 Å². The molecule has 0 N–H and O–H groups in total. The minimum absolute atomic E-state index is 0.119. The van der Waals surface area contributed by atoms with E-state index in [1.54, 1.807) is 6.92 Å². The van der Waals surface area contributed by atoms with Crippen molar-refractivity contribution in [3.8, 4) is 0 Å². The van der Waals surface area contributed by atoms with Gasteiger partial charge < -0.3 is 4.90 Å². The molecular formula is C21H25ClN4O. The number of aromatic nitrogens is 2. The lowest BCUT2D eigenvalue weighted by Gasteiger charge is -2.33. The topological polar surface area (TPSA) is 49.3 Å². The second-order valence-corrected chi connectivity index (χ2v) is 8.03. The van der Waals surface area contributed by atoms with E-state index in [0.29, 0.717) is 12.5 Å². The molecule has 1 saturated heterocycles. The van der Waals surface area contributed by atoms with Crippen LogP contribution in [0, 0.1) is 0 Å². The number of rotatable bonds is 3. The first-order valence-corrected chi connectivity index (χ1v) is 10.0. The Morgan fingerprint density at radius 3 is 3.04 bits per heavy atom. The molecule has 0 bridgehead atoms. The minimum atomic E-state index is 0.119. The summed E-state index contributed by atoms with van der Waals surface area (Å²) < 4.78 is 0. The maximum atomic E-state index is 11.6. The van der Waals surface area contributed by atoms with E-state index >= 15 is 0 Å². The molecule has 2 aromatic rings. The van der Waals surface area contributed by atoms with E-state index in [1.807, 2.05) is 29.3 Å². The molecule has 3 heterocycles. The zero-order valence-electron chi connectivity index (χ0n) is 15.7. The smallest absolute Gasteiger partial charge is 0.219 e. The third-order valence-corrected chi connectivity index (χ3v) is 5.80. The molecule has 27 heavy (non-hydrogen) atoms. The Bertz CT molecular complexity index is 841. The molecule has 0 spiro atoms. The summed E-state index contributed by atoms with van der Waals surface area (Å²) in [4.78, 5) is 25.5. The summed E-state index contributed by atoms with van der Waals surface area (Å²) in [6.07, 6.45) is 5.04. The van der Waals surface area contributed by atoms with Crippen molar-refractivity contribution in [3.05, 3.63) is 58.1 Å². The van der Waals surface area contributed by atoms with Crippen LogP contribution in [-0.4, -0.2) is 45.3 Å². The molecule has 2 aliphatic rings. The van der Waals surface area contributed by atoms with E-state index in [9.17, 15) is 4.79 Å². The highest BCUT2D eigenvalue weighted by atomic mass is 35.5. The Morgan fingerprint density at radius 2 is 2.22 bits per heavy atom. The molecule has 1 aromatic heterocycles. The zero-order valence-corrected chi connectivity index (χ0v) is 16.5. The number of amides is 1. The van der Waals surface area contributed by atoms with Gasteiger partial charge in [-0.1, -0.05) is 23.7 Å². The van der Waals surface area contributed by atoms with Crippen molar-refractivity contribution in [1.29, 1.82) is 0 Å². The molecule has 4 rings (SSSR count). The summed E-state index contributed by atoms with van der Waals surface area (Å²) in [6.45, 7) is 6.00. The van der Waals surface area contributed by atoms with Crippen LogP contribution in [0.2, 0.25) is 5.02 Å². The van der Waals surface area contributed by atoms with Crippen molar-refractivity contribution in [2.75, 3.05) is 19.6 Å². The largest absolute Gasteiger partial charge is 0.338 e. The van der Waals surface area contributed by atoms with Crippen LogP contribution in [0.25, 0.3) is 0 Å². The van der Waals surface area contributed by atoms with Gasteiger partial charge in [0, 0.05) is 62.2 Å². The number of fused-ring (bicyclic) bond motifs is 1. The van der Waals surface area contributed by atoms with Gasteiger partial charge in [0.25, 0.3) is 0 Å². The number of likely N-dealkylation sites (tertiary alicyclic amines) is 1. The van der Waals surface area contributed by atoms with Crippen LogP contribution in [0.4, 0.5) is 0 Å². The number of benzene rings is 1. The molecule has 1 amide bonds. The fourth-order valence-corrected chi connectivity index (χ4v) is 4.31. The molecule has 5 nitrogen and oxygen atoms in total. The fourth-order valence-electron chi connectivity index (χ4n) is 4.10. The Morgan fingerprint density at radius 1 is 1.33 bits per heavy atom. The molecule has 1 atom stereocenters. The number of hydrogen-bond acceptors (Lipinski definition) is 4. The van der Waals surface area contributed by atoms with Crippen molar-refractivity contribution in [2.24, 2.45) is 0 Å². The van der Waals surface area contributed by atoms with E-state index < -0.39 is 0 Å². The van der Waals surface area contributed by atoms with Crippen molar-refractivity contribution >= 4 is 17.5 Å². The SMILES string of the molecule is CC(=O)N1CCc2nc(C3CCCN(Cc4cccc(Cl)c4)C3)ncc2C1. The van der Waals surface area contributed by atoms with Gasteiger partial charge in [-0.2, -0.15) is 0 Å². The quantitative estimate of drug-likeness (QED) is 0.813. The Balaban J connectivity index is 1.45. The molecule has 2 aliphatic heterocycles. The normalized spacial score (nSPS) is 20.4. The second kappa shape index (κ2) is 7.95. The number of hydrogen-bond donors (Lipinski definition) is 0. The highest BCUT2D eigenvalue weighted by Gasteiger charge is 2.26. The van der Waals surface area contributed by atoms with Gasteiger partial charge in [0.1, 0.15) is 5.82 Å². The van der Waals surface area contributed by atoms with E-state index in [2.05, 4.69) is 16.0 Å². The summed E-state index contributed by atoms with van der Waals surface area (Å²) >= 11 is 6.12. The zero-order chi connectivity index (χ0) is 18.8. The van der Waals surface area contributed by atoms with Crippen molar-refractivity contribution in [3.63, 3.8) is 0 Å². The van der Waals surface area contributed by atoms with Crippen LogP contribution in [0.3, 0.4) is 0 Å². The first kappa shape index (κ1) is 18.4. The van der Waals surface area contributed by atoms with Gasteiger partial charge in [0.15, 0.2) is 0 Å². The summed E-state index contributed by atoms with van der Waals surface area (Å²) in [6, 6.07) is 8.10. The van der Waals surface area contributed by atoms with Crippen LogP contribution < -0.4 is 0 Å². The monoisotopic (exact) mass is 384 g/mol. The Kier molecular flexibility index (Phi) is 5.41. The van der Waals surface area contributed by atoms with Crippen LogP contribution in [0.5, 0.6) is 0 Å². The summed E-state index contributed by atoms with van der Waals surface area (Å²) in [7, 11) is 0. The second-order valence-electron chi connectivity index (χ2n) is 7.59. The Labute approximate surface area is 165 Å². The van der Waals surface area contributed by atoms with Crippen LogP contribution >= 0.6 is 11.6 Å². The predicted molar refractivity (Wildman–Crippen MR) is 106 cm³/mol. The van der Waals surface area contributed by atoms with Crippen molar-refractivity contribution in [1.82, 2.24) is 19.8 Å². The first-order chi connectivity index (χ1) is 13.1. The highest BCUT2D eigenvalue weighted by molar-refractivity contribution is 6.30. The van der Waals surface area contributed by atoms with Gasteiger partial charge >= 0.3 is 0 Å². The standard InChI is InChI=1S/C21H25ClN4O/c1-15(27)26-9-7-20-18(14-26)11-23-21(24-20)17-5-3-8-25(13-17)12-16-4-2-6-19(22)10-16/h2,4,6,10-11,17H,3,5,7-9,12-14H2,1H3. The van der Waals surface area contributed by atoms with E-state index in [-0.39, 0.29) is 5.91 Å². The summed E-state index contributed by atoms with van der Waals surface area (Å²) in [5, 5.41) is 0.790. The number of nitrogens with zero attached hydrogens (tertiary/aromatic N) is 4. The molecule has 0 radical (unpaired) electrons. The molecule has 1 aromatic carbocycles.